The van der Waals surface area contributed by atoms with Gasteiger partial charge < -0.3 is 14.7 Å². The van der Waals surface area contributed by atoms with Crippen molar-refractivity contribution < 1.29 is 0 Å². The number of hydrogen-bond acceptors (Lipinski definition) is 6. The molecule has 1 aromatic heterocycles. The monoisotopic (exact) mass is 386 g/mol. The van der Waals surface area contributed by atoms with Gasteiger partial charge >= 0.3 is 0 Å². The first-order valence-corrected chi connectivity index (χ1v) is 10.3. The standard InChI is InChI=1S/C23H26N6/c1-17-6-5-8-20(14-17)27-10-12-28(13-11-27)23-25-22(16-24-26-23)29-18(2)15-19-7-3-4-9-21(19)29/h3-9,14,16,18H,10-13,15H2,1-2H3. The van der Waals surface area contributed by atoms with E-state index in [-0.39, 0.29) is 0 Å². The number of aryl methyl sites for hydroxylation is 1. The Kier molecular flexibility index (Phi) is 4.54. The number of aromatic nitrogens is 3. The lowest BCUT2D eigenvalue weighted by molar-refractivity contribution is 0.633. The second kappa shape index (κ2) is 7.35. The van der Waals surface area contributed by atoms with Crippen LogP contribution in [0.15, 0.2) is 54.7 Å². The average molecular weight is 387 g/mol. The molecule has 2 aliphatic heterocycles. The molecule has 6 nitrogen and oxygen atoms in total. The predicted molar refractivity (Wildman–Crippen MR) is 117 cm³/mol. The second-order valence-electron chi connectivity index (χ2n) is 7.98. The van der Waals surface area contributed by atoms with Crippen LogP contribution < -0.4 is 14.7 Å². The smallest absolute Gasteiger partial charge is 0.247 e. The van der Waals surface area contributed by atoms with Gasteiger partial charge in [0.25, 0.3) is 0 Å². The lowest BCUT2D eigenvalue weighted by Gasteiger charge is -2.36. The summed E-state index contributed by atoms with van der Waals surface area (Å²) in [7, 11) is 0. The van der Waals surface area contributed by atoms with E-state index in [2.05, 4.69) is 87.3 Å². The number of anilines is 4. The van der Waals surface area contributed by atoms with Crippen molar-refractivity contribution in [2.75, 3.05) is 40.9 Å². The first-order chi connectivity index (χ1) is 14.2. The highest BCUT2D eigenvalue weighted by Crippen LogP contribution is 2.37. The van der Waals surface area contributed by atoms with Crippen LogP contribution in [0.1, 0.15) is 18.1 Å². The highest BCUT2D eigenvalue weighted by atomic mass is 15.4. The number of benzene rings is 2. The van der Waals surface area contributed by atoms with E-state index in [0.717, 1.165) is 44.4 Å². The maximum atomic E-state index is 4.90. The number of piperazine rings is 1. The number of para-hydroxylation sites is 1. The molecule has 3 aromatic rings. The van der Waals surface area contributed by atoms with Gasteiger partial charge in [0.2, 0.25) is 5.95 Å². The molecule has 6 heteroatoms. The summed E-state index contributed by atoms with van der Waals surface area (Å²) in [5.74, 6) is 1.61. The summed E-state index contributed by atoms with van der Waals surface area (Å²) in [6, 6.07) is 17.6. The second-order valence-corrected chi connectivity index (χ2v) is 7.98. The summed E-state index contributed by atoms with van der Waals surface area (Å²) >= 11 is 0. The minimum absolute atomic E-state index is 0.370. The molecule has 5 rings (SSSR count). The zero-order valence-electron chi connectivity index (χ0n) is 17.0. The molecule has 2 aromatic carbocycles. The quantitative estimate of drug-likeness (QED) is 0.686. The molecular formula is C23H26N6. The van der Waals surface area contributed by atoms with E-state index in [4.69, 9.17) is 4.98 Å². The third kappa shape index (κ3) is 3.39. The van der Waals surface area contributed by atoms with Gasteiger partial charge in [0.1, 0.15) is 0 Å². The molecular weight excluding hydrogens is 360 g/mol. The van der Waals surface area contributed by atoms with Gasteiger partial charge in [-0.2, -0.15) is 10.1 Å². The van der Waals surface area contributed by atoms with Crippen LogP contribution in [0.3, 0.4) is 0 Å². The van der Waals surface area contributed by atoms with Gasteiger partial charge in [-0.15, -0.1) is 5.10 Å². The molecule has 1 fully saturated rings. The van der Waals surface area contributed by atoms with Gasteiger partial charge in [-0.3, -0.25) is 0 Å². The summed E-state index contributed by atoms with van der Waals surface area (Å²) in [4.78, 5) is 11.9. The summed E-state index contributed by atoms with van der Waals surface area (Å²) in [5, 5.41) is 8.64. The van der Waals surface area contributed by atoms with E-state index < -0.39 is 0 Å². The normalized spacial score (nSPS) is 18.8. The summed E-state index contributed by atoms with van der Waals surface area (Å²) < 4.78 is 0. The fourth-order valence-corrected chi connectivity index (χ4v) is 4.44. The Morgan fingerprint density at radius 2 is 1.72 bits per heavy atom. The van der Waals surface area contributed by atoms with Gasteiger partial charge in [-0.1, -0.05) is 30.3 Å². The molecule has 1 saturated heterocycles. The zero-order chi connectivity index (χ0) is 19.8. The molecule has 148 valence electrons. The highest BCUT2D eigenvalue weighted by molar-refractivity contribution is 5.68. The minimum atomic E-state index is 0.370. The van der Waals surface area contributed by atoms with Crippen molar-refractivity contribution in [1.29, 1.82) is 0 Å². The first-order valence-electron chi connectivity index (χ1n) is 10.3. The average Bonchev–Trinajstić information content (AvgIpc) is 3.09. The van der Waals surface area contributed by atoms with E-state index >= 15 is 0 Å². The number of rotatable bonds is 3. The van der Waals surface area contributed by atoms with Crippen LogP contribution in [0, 0.1) is 6.92 Å². The molecule has 0 spiro atoms. The molecule has 0 aliphatic carbocycles. The maximum absolute atomic E-state index is 4.90. The fraction of sp³-hybridized carbons (Fsp3) is 0.348. The fourth-order valence-electron chi connectivity index (χ4n) is 4.44. The van der Waals surface area contributed by atoms with Crippen LogP contribution >= 0.6 is 0 Å². The summed E-state index contributed by atoms with van der Waals surface area (Å²) in [5.41, 5.74) is 5.19. The molecule has 0 radical (unpaired) electrons. The van der Waals surface area contributed by atoms with E-state index in [0.29, 0.717) is 6.04 Å². The number of hydrogen-bond donors (Lipinski definition) is 0. The third-order valence-electron chi connectivity index (χ3n) is 5.92. The molecule has 0 N–H and O–H groups in total. The molecule has 29 heavy (non-hydrogen) atoms. The number of nitrogens with zero attached hydrogens (tertiary/aromatic N) is 6. The van der Waals surface area contributed by atoms with Gasteiger partial charge in [0, 0.05) is 43.6 Å². The maximum Gasteiger partial charge on any atom is 0.247 e. The lowest BCUT2D eigenvalue weighted by Crippen LogP contribution is -2.47. The van der Waals surface area contributed by atoms with E-state index in [1.54, 1.807) is 6.20 Å². The van der Waals surface area contributed by atoms with Crippen molar-refractivity contribution in [1.82, 2.24) is 15.2 Å². The number of fused-ring (bicyclic) bond motifs is 1. The van der Waals surface area contributed by atoms with Crippen LogP contribution in [0.25, 0.3) is 0 Å². The Labute approximate surface area is 171 Å². The van der Waals surface area contributed by atoms with Crippen molar-refractivity contribution in [3.05, 3.63) is 65.9 Å². The molecule has 3 heterocycles. The van der Waals surface area contributed by atoms with Crippen LogP contribution in [-0.4, -0.2) is 47.4 Å². The Morgan fingerprint density at radius 1 is 0.931 bits per heavy atom. The lowest BCUT2D eigenvalue weighted by atomic mass is 10.1. The summed E-state index contributed by atoms with van der Waals surface area (Å²) in [6.07, 6.45) is 2.82. The van der Waals surface area contributed by atoms with Gasteiger partial charge in [0.15, 0.2) is 5.82 Å². The topological polar surface area (TPSA) is 48.4 Å². The van der Waals surface area contributed by atoms with Crippen LogP contribution in [0.4, 0.5) is 23.1 Å². The molecule has 0 saturated carbocycles. The largest absolute Gasteiger partial charge is 0.368 e. The van der Waals surface area contributed by atoms with E-state index in [1.807, 2.05) is 0 Å². The molecule has 0 bridgehead atoms. The van der Waals surface area contributed by atoms with Crippen molar-refractivity contribution in [3.8, 4) is 0 Å². The zero-order valence-corrected chi connectivity index (χ0v) is 17.0. The molecule has 0 amide bonds. The Balaban J connectivity index is 1.34. The Bertz CT molecular complexity index is 1010. The minimum Gasteiger partial charge on any atom is -0.368 e. The van der Waals surface area contributed by atoms with Crippen molar-refractivity contribution in [2.45, 2.75) is 26.3 Å². The van der Waals surface area contributed by atoms with Crippen molar-refractivity contribution >= 4 is 23.1 Å². The molecule has 1 atom stereocenters. The SMILES string of the molecule is Cc1cccc(N2CCN(c3nncc(N4c5ccccc5CC4C)n3)CC2)c1. The van der Waals surface area contributed by atoms with Gasteiger partial charge in [-0.25, -0.2) is 0 Å². The Morgan fingerprint density at radius 3 is 2.55 bits per heavy atom. The van der Waals surface area contributed by atoms with Crippen LogP contribution in [0.2, 0.25) is 0 Å². The van der Waals surface area contributed by atoms with Crippen molar-refractivity contribution in [2.24, 2.45) is 0 Å². The third-order valence-corrected chi connectivity index (χ3v) is 5.92. The molecule has 2 aliphatic rings. The summed E-state index contributed by atoms with van der Waals surface area (Å²) in [6.45, 7) is 8.08. The van der Waals surface area contributed by atoms with Gasteiger partial charge in [0.05, 0.1) is 6.20 Å². The van der Waals surface area contributed by atoms with Crippen molar-refractivity contribution in [3.63, 3.8) is 0 Å². The first kappa shape index (κ1) is 17.9. The van der Waals surface area contributed by atoms with E-state index in [9.17, 15) is 0 Å². The predicted octanol–water partition coefficient (Wildman–Crippen LogP) is 3.59. The Hall–Kier alpha value is -3.15. The highest BCUT2D eigenvalue weighted by Gasteiger charge is 2.29. The van der Waals surface area contributed by atoms with E-state index in [1.165, 1.54) is 22.5 Å². The molecule has 1 unspecified atom stereocenters. The van der Waals surface area contributed by atoms with Crippen LogP contribution in [-0.2, 0) is 6.42 Å². The van der Waals surface area contributed by atoms with Crippen LogP contribution in [0.5, 0.6) is 0 Å². The van der Waals surface area contributed by atoms with Gasteiger partial charge in [-0.05, 0) is 49.6 Å².